The molecular formula is C12H15Cl2NO2. The Morgan fingerprint density at radius 3 is 2.41 bits per heavy atom. The lowest BCUT2D eigenvalue weighted by molar-refractivity contribution is 0.115. The van der Waals surface area contributed by atoms with E-state index in [1.807, 2.05) is 37.3 Å². The molecule has 0 aliphatic carbocycles. The molecule has 0 aliphatic rings. The van der Waals surface area contributed by atoms with E-state index < -0.39 is 12.2 Å². The van der Waals surface area contributed by atoms with Gasteiger partial charge in [0.2, 0.25) is 0 Å². The maximum absolute atomic E-state index is 11.5. The first-order valence-electron chi connectivity index (χ1n) is 5.31. The second-order valence-corrected chi connectivity index (χ2v) is 4.23. The first kappa shape index (κ1) is 14.1. The molecule has 17 heavy (non-hydrogen) atoms. The summed E-state index contributed by atoms with van der Waals surface area (Å²) in [5.74, 6) is 0.382. The van der Waals surface area contributed by atoms with Crippen LogP contribution in [0.1, 0.15) is 18.5 Å². The van der Waals surface area contributed by atoms with Crippen LogP contribution in [0.2, 0.25) is 0 Å². The van der Waals surface area contributed by atoms with Crippen molar-refractivity contribution in [2.75, 3.05) is 11.8 Å². The third-order valence-corrected chi connectivity index (χ3v) is 2.94. The second-order valence-electron chi connectivity index (χ2n) is 3.61. The number of rotatable bonds is 5. The van der Waals surface area contributed by atoms with Crippen LogP contribution in [0.4, 0.5) is 4.79 Å². The Kier molecular flexibility index (Phi) is 6.16. The fourth-order valence-electron chi connectivity index (χ4n) is 1.29. The predicted octanol–water partition coefficient (Wildman–Crippen LogP) is 3.32. The number of carbonyl (C=O) groups is 1. The molecule has 0 bridgehead atoms. The zero-order chi connectivity index (χ0) is 12.7. The van der Waals surface area contributed by atoms with Crippen LogP contribution in [0.3, 0.4) is 0 Å². The molecule has 1 amide bonds. The molecule has 0 aliphatic heterocycles. The van der Waals surface area contributed by atoms with Crippen molar-refractivity contribution in [2.24, 2.45) is 0 Å². The summed E-state index contributed by atoms with van der Waals surface area (Å²) in [7, 11) is 0. The van der Waals surface area contributed by atoms with E-state index in [1.54, 1.807) is 0 Å². The molecule has 5 heteroatoms. The summed E-state index contributed by atoms with van der Waals surface area (Å²) in [4.78, 5) is 11.5. The number of alkyl carbamates (subject to hydrolysis) is 1. The van der Waals surface area contributed by atoms with Crippen LogP contribution in [0.15, 0.2) is 30.3 Å². The SMILES string of the molecule is C[C@H](NC(=O)OC(CCl)CCl)c1ccccc1. The monoisotopic (exact) mass is 275 g/mol. The number of carbonyl (C=O) groups excluding carboxylic acids is 1. The highest BCUT2D eigenvalue weighted by Crippen LogP contribution is 2.11. The fraction of sp³-hybridized carbons (Fsp3) is 0.417. The summed E-state index contributed by atoms with van der Waals surface area (Å²) >= 11 is 11.2. The zero-order valence-corrected chi connectivity index (χ0v) is 11.0. The van der Waals surface area contributed by atoms with Crippen LogP contribution in [0, 0.1) is 0 Å². The molecule has 0 saturated carbocycles. The Morgan fingerprint density at radius 2 is 1.88 bits per heavy atom. The van der Waals surface area contributed by atoms with Gasteiger partial charge in [0.25, 0.3) is 0 Å². The van der Waals surface area contributed by atoms with Crippen LogP contribution in [0.25, 0.3) is 0 Å². The molecule has 3 nitrogen and oxygen atoms in total. The van der Waals surface area contributed by atoms with E-state index in [-0.39, 0.29) is 17.8 Å². The Bertz CT molecular complexity index is 342. The molecule has 0 fully saturated rings. The lowest BCUT2D eigenvalue weighted by Crippen LogP contribution is -2.32. The summed E-state index contributed by atoms with van der Waals surface area (Å²) in [6, 6.07) is 9.51. The van der Waals surface area contributed by atoms with Crippen molar-refractivity contribution in [2.45, 2.75) is 19.1 Å². The quantitative estimate of drug-likeness (QED) is 0.838. The molecule has 0 heterocycles. The lowest BCUT2D eigenvalue weighted by atomic mass is 10.1. The summed E-state index contributed by atoms with van der Waals surface area (Å²) < 4.78 is 5.03. The van der Waals surface area contributed by atoms with Gasteiger partial charge in [0.05, 0.1) is 17.8 Å². The van der Waals surface area contributed by atoms with Crippen LogP contribution >= 0.6 is 23.2 Å². The third-order valence-electron chi connectivity index (χ3n) is 2.25. The van der Waals surface area contributed by atoms with Gasteiger partial charge < -0.3 is 10.1 Å². The van der Waals surface area contributed by atoms with E-state index in [0.717, 1.165) is 5.56 Å². The van der Waals surface area contributed by atoms with Crippen molar-refractivity contribution in [3.05, 3.63) is 35.9 Å². The number of amides is 1. The Labute approximate surface area is 111 Å². The van der Waals surface area contributed by atoms with E-state index in [9.17, 15) is 4.79 Å². The van der Waals surface area contributed by atoms with Crippen LogP contribution in [-0.4, -0.2) is 24.0 Å². The van der Waals surface area contributed by atoms with Crippen molar-refractivity contribution in [1.82, 2.24) is 5.32 Å². The summed E-state index contributed by atoms with van der Waals surface area (Å²) in [5, 5.41) is 2.72. The number of hydrogen-bond acceptors (Lipinski definition) is 2. The molecular weight excluding hydrogens is 261 g/mol. The Morgan fingerprint density at radius 1 is 1.29 bits per heavy atom. The van der Waals surface area contributed by atoms with Crippen molar-refractivity contribution >= 4 is 29.3 Å². The predicted molar refractivity (Wildman–Crippen MR) is 69.7 cm³/mol. The molecule has 0 aromatic heterocycles. The Balaban J connectivity index is 2.46. The minimum Gasteiger partial charge on any atom is -0.444 e. The average molecular weight is 276 g/mol. The summed E-state index contributed by atoms with van der Waals surface area (Å²) in [6.45, 7) is 1.88. The van der Waals surface area contributed by atoms with Gasteiger partial charge in [-0.15, -0.1) is 23.2 Å². The molecule has 1 atom stereocenters. The van der Waals surface area contributed by atoms with Crippen LogP contribution < -0.4 is 5.32 Å². The number of nitrogens with one attached hydrogen (secondary N) is 1. The van der Waals surface area contributed by atoms with E-state index in [2.05, 4.69) is 5.32 Å². The van der Waals surface area contributed by atoms with Gasteiger partial charge in [0, 0.05) is 0 Å². The van der Waals surface area contributed by atoms with Crippen molar-refractivity contribution < 1.29 is 9.53 Å². The van der Waals surface area contributed by atoms with Gasteiger partial charge in [-0.1, -0.05) is 30.3 Å². The highest BCUT2D eigenvalue weighted by molar-refractivity contribution is 6.21. The highest BCUT2D eigenvalue weighted by atomic mass is 35.5. The summed E-state index contributed by atoms with van der Waals surface area (Å²) in [6.07, 6.45) is -0.964. The van der Waals surface area contributed by atoms with E-state index in [4.69, 9.17) is 27.9 Å². The van der Waals surface area contributed by atoms with Gasteiger partial charge in [0.1, 0.15) is 6.10 Å². The average Bonchev–Trinajstić information content (AvgIpc) is 2.37. The van der Waals surface area contributed by atoms with Gasteiger partial charge in [-0.05, 0) is 12.5 Å². The zero-order valence-electron chi connectivity index (χ0n) is 9.53. The number of hydrogen-bond donors (Lipinski definition) is 1. The van der Waals surface area contributed by atoms with Crippen LogP contribution in [0.5, 0.6) is 0 Å². The number of ether oxygens (including phenoxy) is 1. The Hall–Kier alpha value is -0.930. The first-order chi connectivity index (χ1) is 8.17. The van der Waals surface area contributed by atoms with Crippen molar-refractivity contribution in [1.29, 1.82) is 0 Å². The van der Waals surface area contributed by atoms with E-state index in [0.29, 0.717) is 0 Å². The van der Waals surface area contributed by atoms with Crippen LogP contribution in [-0.2, 0) is 4.74 Å². The largest absolute Gasteiger partial charge is 0.444 e. The molecule has 1 aromatic carbocycles. The lowest BCUT2D eigenvalue weighted by Gasteiger charge is -2.17. The number of benzene rings is 1. The van der Waals surface area contributed by atoms with Crippen molar-refractivity contribution in [3.63, 3.8) is 0 Å². The van der Waals surface area contributed by atoms with Gasteiger partial charge in [-0.3, -0.25) is 0 Å². The standard InChI is InChI=1S/C12H15Cl2NO2/c1-9(10-5-3-2-4-6-10)15-12(16)17-11(7-13)8-14/h2-6,9,11H,7-8H2,1H3,(H,15,16)/t9-/m0/s1. The fourth-order valence-corrected chi connectivity index (χ4v) is 1.75. The third kappa shape index (κ3) is 4.84. The topological polar surface area (TPSA) is 38.3 Å². The minimum atomic E-state index is -0.507. The molecule has 1 aromatic rings. The van der Waals surface area contributed by atoms with E-state index in [1.165, 1.54) is 0 Å². The second kappa shape index (κ2) is 7.41. The summed E-state index contributed by atoms with van der Waals surface area (Å²) in [5.41, 5.74) is 1.01. The smallest absolute Gasteiger partial charge is 0.407 e. The maximum atomic E-state index is 11.5. The van der Waals surface area contributed by atoms with Gasteiger partial charge in [-0.25, -0.2) is 4.79 Å². The molecule has 1 N–H and O–H groups in total. The molecule has 1 rings (SSSR count). The van der Waals surface area contributed by atoms with Gasteiger partial charge >= 0.3 is 6.09 Å². The number of alkyl halides is 2. The van der Waals surface area contributed by atoms with E-state index >= 15 is 0 Å². The van der Waals surface area contributed by atoms with Crippen molar-refractivity contribution in [3.8, 4) is 0 Å². The molecule has 0 saturated heterocycles. The molecule has 0 spiro atoms. The number of halogens is 2. The maximum Gasteiger partial charge on any atom is 0.407 e. The molecule has 94 valence electrons. The molecule has 0 radical (unpaired) electrons. The van der Waals surface area contributed by atoms with Gasteiger partial charge in [0.15, 0.2) is 0 Å². The molecule has 0 unspecified atom stereocenters. The minimum absolute atomic E-state index is 0.116. The normalized spacial score (nSPS) is 12.2. The van der Waals surface area contributed by atoms with Gasteiger partial charge in [-0.2, -0.15) is 0 Å². The highest BCUT2D eigenvalue weighted by Gasteiger charge is 2.14. The first-order valence-corrected chi connectivity index (χ1v) is 6.38.